The van der Waals surface area contributed by atoms with Crippen molar-refractivity contribution in [1.82, 2.24) is 5.32 Å². The molecule has 140 valence electrons. The summed E-state index contributed by atoms with van der Waals surface area (Å²) in [5.74, 6) is -0.849. The number of ether oxygens (including phenoxy) is 1. The van der Waals surface area contributed by atoms with Crippen molar-refractivity contribution >= 4 is 23.2 Å². The number of hydrogen-bond donors (Lipinski definition) is 2. The third-order valence-corrected chi connectivity index (χ3v) is 4.25. The van der Waals surface area contributed by atoms with Crippen LogP contribution in [0.1, 0.15) is 33.6 Å². The number of nitrogens with zero attached hydrogens (tertiary/aromatic N) is 1. The molecule has 8 nitrogen and oxygen atoms in total. The number of hydrogen-bond acceptors (Lipinski definition) is 5. The molecule has 0 radical (unpaired) electrons. The van der Waals surface area contributed by atoms with Crippen molar-refractivity contribution < 1.29 is 19.2 Å². The molecule has 8 heteroatoms. The number of non-ortho nitro benzene ring substituents is 1. The number of benzene rings is 2. The zero-order valence-corrected chi connectivity index (χ0v) is 14.5. The Labute approximate surface area is 155 Å². The van der Waals surface area contributed by atoms with Crippen LogP contribution in [0.5, 0.6) is 0 Å². The molecule has 2 amide bonds. The van der Waals surface area contributed by atoms with Crippen LogP contribution in [-0.2, 0) is 4.74 Å². The second-order valence-electron chi connectivity index (χ2n) is 6.15. The summed E-state index contributed by atoms with van der Waals surface area (Å²) < 4.78 is 5.48. The van der Waals surface area contributed by atoms with Crippen molar-refractivity contribution in [3.05, 3.63) is 69.8 Å². The minimum Gasteiger partial charge on any atom is -0.376 e. The number of carbonyl (C=O) groups excluding carboxylic acids is 2. The van der Waals surface area contributed by atoms with E-state index in [-0.39, 0.29) is 23.3 Å². The van der Waals surface area contributed by atoms with Crippen molar-refractivity contribution in [3.8, 4) is 0 Å². The number of nitro groups is 1. The number of anilines is 1. The molecule has 1 aliphatic rings. The standard InChI is InChI=1S/C19H19N3O5/c23-18(13-5-3-6-14(11-13)22(25)26)21-17-9-2-1-8-16(17)19(24)20-12-15-7-4-10-27-15/h1-3,5-6,8-9,11,15H,4,7,10,12H2,(H,20,24)(H,21,23)/t15-/m0/s1. The topological polar surface area (TPSA) is 111 Å². The summed E-state index contributed by atoms with van der Waals surface area (Å²) in [5.41, 5.74) is 0.608. The van der Waals surface area contributed by atoms with Gasteiger partial charge in [0.1, 0.15) is 0 Å². The molecular weight excluding hydrogens is 350 g/mol. The van der Waals surface area contributed by atoms with Crippen LogP contribution >= 0.6 is 0 Å². The SMILES string of the molecule is O=C(Nc1ccccc1C(=O)NC[C@@H]1CCCO1)c1cccc([N+](=O)[O-])c1. The molecule has 27 heavy (non-hydrogen) atoms. The first kappa shape index (κ1) is 18.5. The maximum absolute atomic E-state index is 12.5. The summed E-state index contributed by atoms with van der Waals surface area (Å²) in [6, 6.07) is 12.0. The highest BCUT2D eigenvalue weighted by Crippen LogP contribution is 2.19. The monoisotopic (exact) mass is 369 g/mol. The Morgan fingerprint density at radius 3 is 2.70 bits per heavy atom. The van der Waals surface area contributed by atoms with Crippen LogP contribution in [-0.4, -0.2) is 36.0 Å². The Bertz CT molecular complexity index is 862. The zero-order valence-electron chi connectivity index (χ0n) is 14.5. The lowest BCUT2D eigenvalue weighted by atomic mass is 10.1. The first-order valence-corrected chi connectivity index (χ1v) is 8.59. The minimum absolute atomic E-state index is 0.0144. The van der Waals surface area contributed by atoms with Gasteiger partial charge in [0, 0.05) is 30.8 Å². The molecule has 2 N–H and O–H groups in total. The molecule has 2 aromatic rings. The number of carbonyl (C=O) groups is 2. The van der Waals surface area contributed by atoms with Gasteiger partial charge in [-0.05, 0) is 31.0 Å². The predicted molar refractivity (Wildman–Crippen MR) is 98.8 cm³/mol. The Hall–Kier alpha value is -3.26. The molecule has 0 saturated carbocycles. The largest absolute Gasteiger partial charge is 0.376 e. The summed E-state index contributed by atoms with van der Waals surface area (Å²) >= 11 is 0. The molecule has 1 aliphatic heterocycles. The molecule has 1 saturated heterocycles. The van der Waals surface area contributed by atoms with Crippen LogP contribution in [0.2, 0.25) is 0 Å². The van der Waals surface area contributed by atoms with Gasteiger partial charge in [-0.3, -0.25) is 19.7 Å². The summed E-state index contributed by atoms with van der Waals surface area (Å²) in [6.45, 7) is 1.11. The van der Waals surface area contributed by atoms with Crippen molar-refractivity contribution in [2.45, 2.75) is 18.9 Å². The Balaban J connectivity index is 1.71. The summed E-state index contributed by atoms with van der Waals surface area (Å²) in [5, 5.41) is 16.3. The average Bonchev–Trinajstić information content (AvgIpc) is 3.20. The van der Waals surface area contributed by atoms with E-state index in [0.717, 1.165) is 12.8 Å². The molecule has 0 bridgehead atoms. The van der Waals surface area contributed by atoms with Gasteiger partial charge in [-0.25, -0.2) is 0 Å². The lowest BCUT2D eigenvalue weighted by molar-refractivity contribution is -0.384. The number of amides is 2. The second-order valence-corrected chi connectivity index (χ2v) is 6.15. The van der Waals surface area contributed by atoms with Crippen molar-refractivity contribution in [1.29, 1.82) is 0 Å². The van der Waals surface area contributed by atoms with E-state index in [1.165, 1.54) is 24.3 Å². The first-order chi connectivity index (χ1) is 13.0. The van der Waals surface area contributed by atoms with Gasteiger partial charge in [0.25, 0.3) is 17.5 Å². The Kier molecular flexibility index (Phi) is 5.77. The van der Waals surface area contributed by atoms with E-state index < -0.39 is 10.8 Å². The fraction of sp³-hybridized carbons (Fsp3) is 0.263. The van der Waals surface area contributed by atoms with Crippen LogP contribution in [0.3, 0.4) is 0 Å². The maximum atomic E-state index is 12.5. The van der Waals surface area contributed by atoms with Crippen LogP contribution in [0.25, 0.3) is 0 Å². The lowest BCUT2D eigenvalue weighted by Crippen LogP contribution is -2.32. The van der Waals surface area contributed by atoms with Gasteiger partial charge in [-0.15, -0.1) is 0 Å². The first-order valence-electron chi connectivity index (χ1n) is 8.59. The summed E-state index contributed by atoms with van der Waals surface area (Å²) in [7, 11) is 0. The number of rotatable bonds is 6. The maximum Gasteiger partial charge on any atom is 0.270 e. The van der Waals surface area contributed by atoms with Gasteiger partial charge in [-0.1, -0.05) is 18.2 Å². The van der Waals surface area contributed by atoms with Crippen LogP contribution in [0.4, 0.5) is 11.4 Å². The molecular formula is C19H19N3O5. The summed E-state index contributed by atoms with van der Waals surface area (Å²) in [6.07, 6.45) is 1.91. The van der Waals surface area contributed by atoms with Crippen molar-refractivity contribution in [3.63, 3.8) is 0 Å². The van der Waals surface area contributed by atoms with E-state index in [1.807, 2.05) is 0 Å². The van der Waals surface area contributed by atoms with Crippen LogP contribution < -0.4 is 10.6 Å². The van der Waals surface area contributed by atoms with E-state index in [9.17, 15) is 19.7 Å². The van der Waals surface area contributed by atoms with Crippen LogP contribution in [0.15, 0.2) is 48.5 Å². The van der Waals surface area contributed by atoms with E-state index in [1.54, 1.807) is 24.3 Å². The highest BCUT2D eigenvalue weighted by molar-refractivity contribution is 6.09. The fourth-order valence-corrected chi connectivity index (χ4v) is 2.85. The zero-order chi connectivity index (χ0) is 19.2. The van der Waals surface area contributed by atoms with Gasteiger partial charge < -0.3 is 15.4 Å². The van der Waals surface area contributed by atoms with E-state index in [4.69, 9.17) is 4.74 Å². The fourth-order valence-electron chi connectivity index (χ4n) is 2.85. The second kappa shape index (κ2) is 8.41. The van der Waals surface area contributed by atoms with Gasteiger partial charge in [0.15, 0.2) is 0 Å². The van der Waals surface area contributed by atoms with E-state index in [0.29, 0.717) is 24.4 Å². The van der Waals surface area contributed by atoms with E-state index >= 15 is 0 Å². The number of nitrogens with one attached hydrogen (secondary N) is 2. The molecule has 1 heterocycles. The quantitative estimate of drug-likeness (QED) is 0.601. The third kappa shape index (κ3) is 4.68. The smallest absolute Gasteiger partial charge is 0.270 e. The molecule has 1 fully saturated rings. The normalized spacial score (nSPS) is 15.9. The molecule has 3 rings (SSSR count). The van der Waals surface area contributed by atoms with E-state index in [2.05, 4.69) is 10.6 Å². The average molecular weight is 369 g/mol. The molecule has 2 aromatic carbocycles. The minimum atomic E-state index is -0.566. The van der Waals surface area contributed by atoms with Gasteiger partial charge in [0.05, 0.1) is 22.3 Å². The molecule has 0 aromatic heterocycles. The molecule has 1 atom stereocenters. The van der Waals surface area contributed by atoms with Crippen molar-refractivity contribution in [2.75, 3.05) is 18.5 Å². The Morgan fingerprint density at radius 1 is 1.15 bits per heavy atom. The summed E-state index contributed by atoms with van der Waals surface area (Å²) in [4.78, 5) is 35.2. The lowest BCUT2D eigenvalue weighted by Gasteiger charge is -2.13. The molecule has 0 spiro atoms. The predicted octanol–water partition coefficient (Wildman–Crippen LogP) is 2.76. The van der Waals surface area contributed by atoms with Gasteiger partial charge in [-0.2, -0.15) is 0 Å². The highest BCUT2D eigenvalue weighted by atomic mass is 16.6. The highest BCUT2D eigenvalue weighted by Gasteiger charge is 2.19. The number of para-hydroxylation sites is 1. The van der Waals surface area contributed by atoms with Gasteiger partial charge >= 0.3 is 0 Å². The van der Waals surface area contributed by atoms with Crippen molar-refractivity contribution in [2.24, 2.45) is 0 Å². The van der Waals surface area contributed by atoms with Crippen LogP contribution in [0, 0.1) is 10.1 Å². The third-order valence-electron chi connectivity index (χ3n) is 4.25. The Morgan fingerprint density at radius 2 is 1.96 bits per heavy atom. The molecule has 0 aliphatic carbocycles. The number of nitro benzene ring substituents is 1. The van der Waals surface area contributed by atoms with Gasteiger partial charge in [0.2, 0.25) is 0 Å². The molecule has 0 unspecified atom stereocenters.